The molecule has 0 radical (unpaired) electrons. The molecule has 1 aliphatic heterocycles. The summed E-state index contributed by atoms with van der Waals surface area (Å²) in [6.45, 7) is 2.98. The van der Waals surface area contributed by atoms with E-state index in [0.29, 0.717) is 44.0 Å². The van der Waals surface area contributed by atoms with Gasteiger partial charge in [-0.15, -0.1) is 0 Å². The third-order valence-electron chi connectivity index (χ3n) is 4.23. The van der Waals surface area contributed by atoms with Gasteiger partial charge in [0, 0.05) is 19.3 Å². The highest BCUT2D eigenvalue weighted by molar-refractivity contribution is 5.97. The maximum Gasteiger partial charge on any atom is 0.309 e. The largest absolute Gasteiger partial charge is 0.495 e. The minimum absolute atomic E-state index is 0.00508. The second-order valence-corrected chi connectivity index (χ2v) is 5.83. The molecule has 0 spiro atoms. The zero-order chi connectivity index (χ0) is 18.9. The standard InChI is InChI=1S/C19H23N3O4/c1-3-26-19(24)14-8-10-22(11-9-14)18(23)15(12-20)13-21-16-6-4-5-7-17(16)25-2/h4-7,13-14,21H,3,8-11H2,1-2H3/b15-13-. The van der Waals surface area contributed by atoms with Crippen molar-refractivity contribution in [2.75, 3.05) is 32.1 Å². The van der Waals surface area contributed by atoms with E-state index >= 15 is 0 Å². The van der Waals surface area contributed by atoms with E-state index in [1.807, 2.05) is 18.2 Å². The summed E-state index contributed by atoms with van der Waals surface area (Å²) in [5.41, 5.74) is 0.669. The molecule has 0 aromatic heterocycles. The van der Waals surface area contributed by atoms with Gasteiger partial charge < -0.3 is 19.7 Å². The zero-order valence-corrected chi connectivity index (χ0v) is 15.0. The first-order chi connectivity index (χ1) is 12.6. The summed E-state index contributed by atoms with van der Waals surface area (Å²) in [5, 5.41) is 12.3. The van der Waals surface area contributed by atoms with Gasteiger partial charge in [0.05, 0.1) is 25.3 Å². The molecule has 0 saturated carbocycles. The fourth-order valence-corrected chi connectivity index (χ4v) is 2.80. The third-order valence-corrected chi connectivity index (χ3v) is 4.23. The number of carbonyl (C=O) groups is 2. The van der Waals surface area contributed by atoms with Crippen molar-refractivity contribution >= 4 is 17.6 Å². The number of para-hydroxylation sites is 2. The number of carbonyl (C=O) groups excluding carboxylic acids is 2. The van der Waals surface area contributed by atoms with Crippen LogP contribution in [-0.4, -0.2) is 43.6 Å². The zero-order valence-electron chi connectivity index (χ0n) is 15.0. The van der Waals surface area contributed by atoms with E-state index in [1.54, 1.807) is 31.1 Å². The second kappa shape index (κ2) is 9.47. The van der Waals surface area contributed by atoms with Crippen molar-refractivity contribution in [3.63, 3.8) is 0 Å². The van der Waals surface area contributed by atoms with Gasteiger partial charge in [-0.3, -0.25) is 9.59 Å². The van der Waals surface area contributed by atoms with Crippen molar-refractivity contribution in [2.45, 2.75) is 19.8 Å². The van der Waals surface area contributed by atoms with Crippen LogP contribution in [0.3, 0.4) is 0 Å². The number of ether oxygens (including phenoxy) is 2. The Balaban J connectivity index is 1.99. The average molecular weight is 357 g/mol. The van der Waals surface area contributed by atoms with Crippen LogP contribution in [0.1, 0.15) is 19.8 Å². The molecule has 0 unspecified atom stereocenters. The maximum atomic E-state index is 12.6. The van der Waals surface area contributed by atoms with E-state index in [2.05, 4.69) is 5.32 Å². The number of likely N-dealkylation sites (tertiary alicyclic amines) is 1. The fraction of sp³-hybridized carbons (Fsp3) is 0.421. The summed E-state index contributed by atoms with van der Waals surface area (Å²) < 4.78 is 10.3. The summed E-state index contributed by atoms with van der Waals surface area (Å²) in [6, 6.07) is 9.17. The predicted molar refractivity (Wildman–Crippen MR) is 96.2 cm³/mol. The summed E-state index contributed by atoms with van der Waals surface area (Å²) in [6.07, 6.45) is 2.48. The highest BCUT2D eigenvalue weighted by Gasteiger charge is 2.29. The first kappa shape index (κ1) is 19.3. The van der Waals surface area contributed by atoms with Gasteiger partial charge in [-0.1, -0.05) is 12.1 Å². The van der Waals surface area contributed by atoms with Crippen LogP contribution in [0.15, 0.2) is 36.0 Å². The molecule has 7 nitrogen and oxygen atoms in total. The molecule has 1 saturated heterocycles. The molecule has 26 heavy (non-hydrogen) atoms. The lowest BCUT2D eigenvalue weighted by molar-refractivity contribution is -0.150. The minimum atomic E-state index is -0.350. The molecule has 2 rings (SSSR count). The SMILES string of the molecule is CCOC(=O)C1CCN(C(=O)/C(C#N)=C\Nc2ccccc2OC)CC1. The topological polar surface area (TPSA) is 91.7 Å². The summed E-state index contributed by atoms with van der Waals surface area (Å²) in [5.74, 6) is -0.130. The first-order valence-corrected chi connectivity index (χ1v) is 8.56. The molecule has 1 heterocycles. The van der Waals surface area contributed by atoms with Crippen LogP contribution >= 0.6 is 0 Å². The van der Waals surface area contributed by atoms with Crippen molar-refractivity contribution in [3.05, 3.63) is 36.0 Å². The van der Waals surface area contributed by atoms with Crippen LogP contribution in [0.25, 0.3) is 0 Å². The quantitative estimate of drug-likeness (QED) is 0.477. The number of esters is 1. The molecule has 138 valence electrons. The van der Waals surface area contributed by atoms with Gasteiger partial charge in [-0.05, 0) is 31.9 Å². The highest BCUT2D eigenvalue weighted by atomic mass is 16.5. The van der Waals surface area contributed by atoms with E-state index in [4.69, 9.17) is 9.47 Å². The van der Waals surface area contributed by atoms with Gasteiger partial charge in [-0.2, -0.15) is 5.26 Å². The molecule has 1 fully saturated rings. The van der Waals surface area contributed by atoms with Crippen LogP contribution in [0.4, 0.5) is 5.69 Å². The van der Waals surface area contributed by atoms with Gasteiger partial charge >= 0.3 is 5.97 Å². The number of nitrogens with one attached hydrogen (secondary N) is 1. The predicted octanol–water partition coefficient (Wildman–Crippen LogP) is 2.32. The Morgan fingerprint density at radius 3 is 2.65 bits per heavy atom. The van der Waals surface area contributed by atoms with E-state index in [9.17, 15) is 14.9 Å². The van der Waals surface area contributed by atoms with Crippen molar-refractivity contribution in [2.24, 2.45) is 5.92 Å². The van der Waals surface area contributed by atoms with Crippen molar-refractivity contribution < 1.29 is 19.1 Å². The molecule has 0 bridgehead atoms. The Kier molecular flexibility index (Phi) is 7.03. The Morgan fingerprint density at radius 1 is 1.35 bits per heavy atom. The normalized spacial score (nSPS) is 15.1. The summed E-state index contributed by atoms with van der Waals surface area (Å²) >= 11 is 0. The van der Waals surface area contributed by atoms with Gasteiger partial charge in [0.2, 0.25) is 0 Å². The van der Waals surface area contributed by atoms with Crippen LogP contribution < -0.4 is 10.1 Å². The van der Waals surface area contributed by atoms with E-state index < -0.39 is 0 Å². The Bertz CT molecular complexity index is 716. The van der Waals surface area contributed by atoms with Crippen molar-refractivity contribution in [1.29, 1.82) is 5.26 Å². The number of nitrogens with zero attached hydrogens (tertiary/aromatic N) is 2. The van der Waals surface area contributed by atoms with Crippen molar-refractivity contribution in [3.8, 4) is 11.8 Å². The number of anilines is 1. The number of hydrogen-bond acceptors (Lipinski definition) is 6. The monoisotopic (exact) mass is 357 g/mol. The molecule has 1 amide bonds. The Labute approximate surface area is 153 Å². The molecule has 7 heteroatoms. The van der Waals surface area contributed by atoms with Gasteiger partial charge in [0.1, 0.15) is 17.4 Å². The molecule has 1 aromatic carbocycles. The molecular weight excluding hydrogens is 334 g/mol. The number of methoxy groups -OCH3 is 1. The summed E-state index contributed by atoms with van der Waals surface area (Å²) in [4.78, 5) is 25.9. The number of rotatable bonds is 6. The Hall–Kier alpha value is -3.01. The lowest BCUT2D eigenvalue weighted by Gasteiger charge is -2.30. The molecule has 0 aliphatic carbocycles. The number of hydrogen-bond donors (Lipinski definition) is 1. The lowest BCUT2D eigenvalue weighted by atomic mass is 9.96. The van der Waals surface area contributed by atoms with Crippen LogP contribution in [-0.2, 0) is 14.3 Å². The number of benzene rings is 1. The highest BCUT2D eigenvalue weighted by Crippen LogP contribution is 2.24. The number of piperidine rings is 1. The van der Waals surface area contributed by atoms with Crippen molar-refractivity contribution in [1.82, 2.24) is 4.90 Å². The fourth-order valence-electron chi connectivity index (χ4n) is 2.80. The number of nitriles is 1. The minimum Gasteiger partial charge on any atom is -0.495 e. The number of amides is 1. The smallest absolute Gasteiger partial charge is 0.309 e. The second-order valence-electron chi connectivity index (χ2n) is 5.83. The van der Waals surface area contributed by atoms with Crippen LogP contribution in [0.5, 0.6) is 5.75 Å². The van der Waals surface area contributed by atoms with Gasteiger partial charge in [0.15, 0.2) is 0 Å². The van der Waals surface area contributed by atoms with E-state index in [-0.39, 0.29) is 23.4 Å². The lowest BCUT2D eigenvalue weighted by Crippen LogP contribution is -2.41. The molecule has 1 aliphatic rings. The van der Waals surface area contributed by atoms with Gasteiger partial charge in [-0.25, -0.2) is 0 Å². The summed E-state index contributed by atoms with van der Waals surface area (Å²) in [7, 11) is 1.55. The molecule has 0 atom stereocenters. The van der Waals surface area contributed by atoms with Crippen LogP contribution in [0, 0.1) is 17.2 Å². The average Bonchev–Trinajstić information content (AvgIpc) is 2.68. The van der Waals surface area contributed by atoms with Crippen LogP contribution in [0.2, 0.25) is 0 Å². The van der Waals surface area contributed by atoms with Gasteiger partial charge in [0.25, 0.3) is 5.91 Å². The molecule has 1 aromatic rings. The maximum absolute atomic E-state index is 12.6. The van der Waals surface area contributed by atoms with E-state index in [0.717, 1.165) is 0 Å². The first-order valence-electron chi connectivity index (χ1n) is 8.56. The van der Waals surface area contributed by atoms with E-state index in [1.165, 1.54) is 6.20 Å². The molecule has 1 N–H and O–H groups in total. The molecular formula is C19H23N3O4. The third kappa shape index (κ3) is 4.76. The Morgan fingerprint density at radius 2 is 2.04 bits per heavy atom.